The van der Waals surface area contributed by atoms with E-state index in [1.807, 2.05) is 19.9 Å². The summed E-state index contributed by atoms with van der Waals surface area (Å²) in [4.78, 5) is 0. The number of nitrogens with two attached hydrogens (primary N) is 1. The lowest BCUT2D eigenvalue weighted by atomic mass is 9.93. The third-order valence-corrected chi connectivity index (χ3v) is 3.36. The minimum Gasteiger partial charge on any atom is -0.320 e. The molecule has 2 aromatic rings. The van der Waals surface area contributed by atoms with Gasteiger partial charge in [0, 0.05) is 11.6 Å². The van der Waals surface area contributed by atoms with E-state index in [0.29, 0.717) is 11.6 Å². The van der Waals surface area contributed by atoms with Crippen LogP contribution in [0, 0.1) is 31.3 Å². The van der Waals surface area contributed by atoms with Gasteiger partial charge >= 0.3 is 0 Å². The van der Waals surface area contributed by atoms with Gasteiger partial charge in [-0.15, -0.1) is 0 Å². The maximum Gasteiger partial charge on any atom is 0.161 e. The Balaban J connectivity index is 2.53. The molecular weight excluding hydrogens is 251 g/mol. The van der Waals surface area contributed by atoms with Crippen LogP contribution in [0.15, 0.2) is 30.3 Å². The van der Waals surface area contributed by atoms with Crippen LogP contribution >= 0.6 is 0 Å². The van der Waals surface area contributed by atoms with E-state index in [2.05, 4.69) is 0 Å². The molecule has 19 heavy (non-hydrogen) atoms. The summed E-state index contributed by atoms with van der Waals surface area (Å²) >= 11 is 0. The van der Waals surface area contributed by atoms with Crippen LogP contribution in [0.3, 0.4) is 0 Å². The summed E-state index contributed by atoms with van der Waals surface area (Å²) < 4.78 is 39.8. The highest BCUT2D eigenvalue weighted by Gasteiger charge is 2.19. The smallest absolute Gasteiger partial charge is 0.161 e. The molecule has 0 spiro atoms. The van der Waals surface area contributed by atoms with E-state index in [0.717, 1.165) is 17.2 Å². The third kappa shape index (κ3) is 2.49. The first kappa shape index (κ1) is 13.6. The SMILES string of the molecule is Cc1cccc(C(N)c2cc(F)c(F)cc2F)c1C. The van der Waals surface area contributed by atoms with Crippen LogP contribution in [0.5, 0.6) is 0 Å². The molecule has 2 rings (SSSR count). The van der Waals surface area contributed by atoms with Gasteiger partial charge in [-0.25, -0.2) is 13.2 Å². The molecule has 0 amide bonds. The minimum atomic E-state index is -1.21. The van der Waals surface area contributed by atoms with Gasteiger partial charge in [0.15, 0.2) is 11.6 Å². The van der Waals surface area contributed by atoms with Crippen molar-refractivity contribution < 1.29 is 13.2 Å². The van der Waals surface area contributed by atoms with Crippen LogP contribution in [0.1, 0.15) is 28.3 Å². The van der Waals surface area contributed by atoms with Gasteiger partial charge in [-0.1, -0.05) is 18.2 Å². The van der Waals surface area contributed by atoms with Crippen LogP contribution in [0.25, 0.3) is 0 Å². The first-order chi connectivity index (χ1) is 8.91. The van der Waals surface area contributed by atoms with Gasteiger partial charge in [-0.2, -0.15) is 0 Å². The van der Waals surface area contributed by atoms with Crippen molar-refractivity contribution in [3.8, 4) is 0 Å². The zero-order valence-electron chi connectivity index (χ0n) is 10.7. The molecular formula is C15H14F3N. The predicted octanol–water partition coefficient (Wildman–Crippen LogP) is 3.77. The fourth-order valence-electron chi connectivity index (χ4n) is 2.05. The summed E-state index contributed by atoms with van der Waals surface area (Å²) in [5.41, 5.74) is 8.55. The van der Waals surface area contributed by atoms with Crippen molar-refractivity contribution >= 4 is 0 Å². The summed E-state index contributed by atoms with van der Waals surface area (Å²) in [6, 6.07) is 5.98. The van der Waals surface area contributed by atoms with E-state index >= 15 is 0 Å². The number of hydrogen-bond acceptors (Lipinski definition) is 1. The summed E-state index contributed by atoms with van der Waals surface area (Å²) in [6.45, 7) is 3.77. The number of halogens is 3. The third-order valence-electron chi connectivity index (χ3n) is 3.36. The normalized spacial score (nSPS) is 12.5. The second kappa shape index (κ2) is 5.05. The molecule has 0 saturated carbocycles. The second-order valence-electron chi connectivity index (χ2n) is 4.55. The van der Waals surface area contributed by atoms with Gasteiger partial charge in [-0.05, 0) is 36.6 Å². The lowest BCUT2D eigenvalue weighted by Crippen LogP contribution is -2.16. The van der Waals surface area contributed by atoms with Crippen molar-refractivity contribution in [1.82, 2.24) is 0 Å². The quantitative estimate of drug-likeness (QED) is 0.822. The van der Waals surface area contributed by atoms with E-state index < -0.39 is 23.5 Å². The predicted molar refractivity (Wildman–Crippen MR) is 68.3 cm³/mol. The lowest BCUT2D eigenvalue weighted by Gasteiger charge is -2.17. The van der Waals surface area contributed by atoms with E-state index in [-0.39, 0.29) is 5.56 Å². The van der Waals surface area contributed by atoms with Crippen molar-refractivity contribution in [3.63, 3.8) is 0 Å². The molecule has 0 aliphatic rings. The van der Waals surface area contributed by atoms with Crippen LogP contribution in [0.4, 0.5) is 13.2 Å². The van der Waals surface area contributed by atoms with E-state index in [1.54, 1.807) is 12.1 Å². The first-order valence-corrected chi connectivity index (χ1v) is 5.88. The van der Waals surface area contributed by atoms with E-state index in [4.69, 9.17) is 5.73 Å². The lowest BCUT2D eigenvalue weighted by molar-refractivity contribution is 0.487. The molecule has 0 saturated heterocycles. The Morgan fingerprint density at radius 3 is 2.21 bits per heavy atom. The molecule has 2 aromatic carbocycles. The zero-order valence-corrected chi connectivity index (χ0v) is 10.7. The van der Waals surface area contributed by atoms with Gasteiger partial charge in [0.05, 0.1) is 6.04 Å². The standard InChI is InChI=1S/C15H14F3N/c1-8-4-3-5-10(9(8)2)15(19)11-6-13(17)14(18)7-12(11)16/h3-7,15H,19H2,1-2H3. The molecule has 2 N–H and O–H groups in total. The maximum absolute atomic E-state index is 13.7. The van der Waals surface area contributed by atoms with Crippen molar-refractivity contribution in [1.29, 1.82) is 0 Å². The van der Waals surface area contributed by atoms with Crippen LogP contribution < -0.4 is 5.73 Å². The highest BCUT2D eigenvalue weighted by atomic mass is 19.2. The van der Waals surface area contributed by atoms with Gasteiger partial charge in [-0.3, -0.25) is 0 Å². The van der Waals surface area contributed by atoms with Gasteiger partial charge in [0.25, 0.3) is 0 Å². The zero-order chi connectivity index (χ0) is 14.2. The average Bonchev–Trinajstić information content (AvgIpc) is 2.36. The van der Waals surface area contributed by atoms with Crippen molar-refractivity contribution in [2.24, 2.45) is 5.73 Å². The number of benzene rings is 2. The highest BCUT2D eigenvalue weighted by molar-refractivity contribution is 5.40. The van der Waals surface area contributed by atoms with Crippen molar-refractivity contribution in [2.75, 3.05) is 0 Å². The Bertz CT molecular complexity index is 623. The molecule has 4 heteroatoms. The summed E-state index contributed by atoms with van der Waals surface area (Å²) in [6.07, 6.45) is 0. The van der Waals surface area contributed by atoms with Crippen LogP contribution in [-0.4, -0.2) is 0 Å². The molecule has 0 aromatic heterocycles. The largest absolute Gasteiger partial charge is 0.320 e. The van der Waals surface area contributed by atoms with Crippen molar-refractivity contribution in [2.45, 2.75) is 19.9 Å². The molecule has 0 aliphatic carbocycles. The monoisotopic (exact) mass is 265 g/mol. The van der Waals surface area contributed by atoms with E-state index in [9.17, 15) is 13.2 Å². The Morgan fingerprint density at radius 1 is 0.895 bits per heavy atom. The van der Waals surface area contributed by atoms with Crippen molar-refractivity contribution in [3.05, 3.63) is 70.0 Å². The molecule has 0 radical (unpaired) electrons. The Kier molecular flexibility index (Phi) is 3.62. The van der Waals surface area contributed by atoms with Gasteiger partial charge < -0.3 is 5.73 Å². The molecule has 1 nitrogen and oxygen atoms in total. The fourth-order valence-corrected chi connectivity index (χ4v) is 2.05. The summed E-state index contributed by atoms with van der Waals surface area (Å²) in [5.74, 6) is -3.15. The topological polar surface area (TPSA) is 26.0 Å². The van der Waals surface area contributed by atoms with Gasteiger partial charge in [0.1, 0.15) is 5.82 Å². The average molecular weight is 265 g/mol. The maximum atomic E-state index is 13.7. The summed E-state index contributed by atoms with van der Waals surface area (Å²) in [5, 5.41) is 0. The summed E-state index contributed by atoms with van der Waals surface area (Å²) in [7, 11) is 0. The molecule has 0 aliphatic heterocycles. The molecule has 1 unspecified atom stereocenters. The second-order valence-corrected chi connectivity index (χ2v) is 4.55. The van der Waals surface area contributed by atoms with Gasteiger partial charge in [0.2, 0.25) is 0 Å². The van der Waals surface area contributed by atoms with Crippen LogP contribution in [0.2, 0.25) is 0 Å². The molecule has 100 valence electrons. The van der Waals surface area contributed by atoms with Crippen LogP contribution in [-0.2, 0) is 0 Å². The Morgan fingerprint density at radius 2 is 1.53 bits per heavy atom. The highest BCUT2D eigenvalue weighted by Crippen LogP contribution is 2.27. The minimum absolute atomic E-state index is 0.0485. The molecule has 0 fully saturated rings. The Hall–Kier alpha value is -1.81. The fraction of sp³-hybridized carbons (Fsp3) is 0.200. The number of hydrogen-bond donors (Lipinski definition) is 1. The number of rotatable bonds is 2. The van der Waals surface area contributed by atoms with E-state index in [1.165, 1.54) is 0 Å². The molecule has 1 atom stereocenters. The number of aryl methyl sites for hydroxylation is 1. The Labute approximate surface area is 109 Å². The molecule has 0 heterocycles. The molecule has 0 bridgehead atoms. The first-order valence-electron chi connectivity index (χ1n) is 5.88.